The Hall–Kier alpha value is -2.97. The smallest absolute Gasteiger partial charge is 0.348 e. The molecule has 0 unspecified atom stereocenters. The van der Waals surface area contributed by atoms with Crippen molar-refractivity contribution >= 4 is 57.4 Å². The quantitative estimate of drug-likeness (QED) is 0.372. The number of carboxylic acids is 1. The molecule has 2 fully saturated rings. The van der Waals surface area contributed by atoms with Crippen LogP contribution < -0.4 is 15.1 Å². The largest absolute Gasteiger partial charge is 0.477 e. The predicted octanol–water partition coefficient (Wildman–Crippen LogP) is 3.10. The molecule has 3 aromatic heterocycles. The minimum atomic E-state index is -1.09. The molecule has 2 aliphatic rings. The number of halogens is 2. The Morgan fingerprint density at radius 1 is 1.18 bits per heavy atom. The molecule has 3 N–H and O–H groups in total. The van der Waals surface area contributed by atoms with Crippen LogP contribution in [0.25, 0.3) is 11.4 Å². The lowest BCUT2D eigenvalue weighted by Gasteiger charge is -2.37. The van der Waals surface area contributed by atoms with Crippen LogP contribution in [-0.2, 0) is 9.47 Å². The lowest BCUT2D eigenvalue weighted by Crippen LogP contribution is -2.55. The summed E-state index contributed by atoms with van der Waals surface area (Å²) in [5, 5.41) is 13.9. The highest BCUT2D eigenvalue weighted by atomic mass is 35.5. The van der Waals surface area contributed by atoms with Crippen LogP contribution in [0.15, 0.2) is 12.4 Å². The van der Waals surface area contributed by atoms with E-state index in [4.69, 9.17) is 32.7 Å². The fourth-order valence-corrected chi connectivity index (χ4v) is 5.99. The molecule has 0 radical (unpaired) electrons. The third-order valence-corrected chi connectivity index (χ3v) is 8.81. The SMILES string of the molecule is CO[C@H]1CN(c2nc(-c3cnc(N4CCOCC4)cn3)c(C(=O)O)s2)CC[C@H]1NC(=O)c1[nH]c(C)c(Cl)c1Cl. The van der Waals surface area contributed by atoms with Gasteiger partial charge in [-0.25, -0.2) is 19.7 Å². The lowest BCUT2D eigenvalue weighted by atomic mass is 10.0. The van der Waals surface area contributed by atoms with Gasteiger partial charge < -0.3 is 34.7 Å². The normalized spacial score (nSPS) is 19.8. The Morgan fingerprint density at radius 3 is 2.56 bits per heavy atom. The second-order valence-corrected chi connectivity index (χ2v) is 10.9. The molecule has 2 aliphatic heterocycles. The summed E-state index contributed by atoms with van der Waals surface area (Å²) in [6.07, 6.45) is 3.35. The van der Waals surface area contributed by atoms with Gasteiger partial charge in [-0.1, -0.05) is 34.5 Å². The summed E-state index contributed by atoms with van der Waals surface area (Å²) in [4.78, 5) is 45.6. The lowest BCUT2D eigenvalue weighted by molar-refractivity contribution is 0.0540. The molecule has 0 aromatic carbocycles. The summed E-state index contributed by atoms with van der Waals surface area (Å²) in [5.74, 6) is -0.756. The van der Waals surface area contributed by atoms with E-state index in [0.29, 0.717) is 60.1 Å². The van der Waals surface area contributed by atoms with Crippen LogP contribution >= 0.6 is 34.5 Å². The minimum Gasteiger partial charge on any atom is -0.477 e. The summed E-state index contributed by atoms with van der Waals surface area (Å²) in [7, 11) is 1.57. The standard InChI is InChI=1S/C24H27Cl2N7O5S/c1-12-17(25)18(26)20(29-12)22(34)30-13-3-4-33(11-15(13)37-2)24-31-19(21(39-24)23(35)36)14-9-28-16(10-27-14)32-5-7-38-8-6-32/h9-10,13,15,29H,3-8,11H2,1-2H3,(H,30,34)(H,35,36)/t13-,15+/m1/s1. The molecule has 15 heteroatoms. The topological polar surface area (TPSA) is 146 Å². The van der Waals surface area contributed by atoms with Crippen molar-refractivity contribution in [2.45, 2.75) is 25.5 Å². The zero-order valence-corrected chi connectivity index (χ0v) is 23.6. The second kappa shape index (κ2) is 11.6. The van der Waals surface area contributed by atoms with Gasteiger partial charge in [-0.15, -0.1) is 0 Å². The molecule has 0 spiro atoms. The monoisotopic (exact) mass is 595 g/mol. The number of nitrogens with one attached hydrogen (secondary N) is 2. The van der Waals surface area contributed by atoms with E-state index in [0.717, 1.165) is 24.4 Å². The Bertz CT molecular complexity index is 1360. The van der Waals surface area contributed by atoms with Gasteiger partial charge >= 0.3 is 5.97 Å². The molecule has 0 bridgehead atoms. The average molecular weight is 596 g/mol. The van der Waals surface area contributed by atoms with Gasteiger partial charge in [0.1, 0.15) is 27.8 Å². The molecule has 0 saturated carbocycles. The molecule has 0 aliphatic carbocycles. The molecular weight excluding hydrogens is 569 g/mol. The Balaban J connectivity index is 1.31. The van der Waals surface area contributed by atoms with Crippen molar-refractivity contribution in [3.05, 3.63) is 38.7 Å². The number of thiazole rings is 1. The number of ether oxygens (including phenoxy) is 2. The van der Waals surface area contributed by atoms with Crippen molar-refractivity contribution in [1.82, 2.24) is 25.3 Å². The van der Waals surface area contributed by atoms with Gasteiger partial charge in [-0.05, 0) is 13.3 Å². The molecule has 2 atom stereocenters. The van der Waals surface area contributed by atoms with Gasteiger partial charge in [0, 0.05) is 39.0 Å². The van der Waals surface area contributed by atoms with Gasteiger partial charge in [0.05, 0.1) is 47.8 Å². The van der Waals surface area contributed by atoms with Crippen LogP contribution in [0.1, 0.15) is 32.3 Å². The number of aryl methyl sites for hydroxylation is 1. The molecule has 3 aromatic rings. The molecule has 12 nitrogen and oxygen atoms in total. The maximum absolute atomic E-state index is 12.9. The van der Waals surface area contributed by atoms with Crippen molar-refractivity contribution in [3.63, 3.8) is 0 Å². The van der Waals surface area contributed by atoms with E-state index in [1.165, 1.54) is 0 Å². The number of amides is 1. The number of carboxylic acid groups (broad SMARTS) is 1. The number of carbonyl (C=O) groups excluding carboxylic acids is 1. The number of methoxy groups -OCH3 is 1. The molecule has 1 amide bonds. The first-order chi connectivity index (χ1) is 18.8. The molecule has 208 valence electrons. The van der Waals surface area contributed by atoms with E-state index in [9.17, 15) is 14.7 Å². The van der Waals surface area contributed by atoms with Crippen LogP contribution in [0.3, 0.4) is 0 Å². The highest BCUT2D eigenvalue weighted by Crippen LogP contribution is 2.34. The summed E-state index contributed by atoms with van der Waals surface area (Å²) >= 11 is 13.4. The first kappa shape index (κ1) is 27.6. The fourth-order valence-electron chi connectivity index (χ4n) is 4.62. The van der Waals surface area contributed by atoms with Crippen LogP contribution in [0.5, 0.6) is 0 Å². The zero-order valence-electron chi connectivity index (χ0n) is 21.2. The second-order valence-electron chi connectivity index (χ2n) is 9.18. The summed E-state index contributed by atoms with van der Waals surface area (Å²) < 4.78 is 11.1. The number of aromatic nitrogens is 4. The third kappa shape index (κ3) is 5.68. The number of hydrogen-bond acceptors (Lipinski definition) is 10. The number of nitrogens with zero attached hydrogens (tertiary/aromatic N) is 5. The van der Waals surface area contributed by atoms with Gasteiger partial charge in [0.15, 0.2) is 5.13 Å². The first-order valence-corrected chi connectivity index (χ1v) is 13.9. The zero-order chi connectivity index (χ0) is 27.7. The number of H-pyrrole nitrogens is 1. The number of rotatable bonds is 7. The average Bonchev–Trinajstić information content (AvgIpc) is 3.51. The third-order valence-electron chi connectivity index (χ3n) is 6.76. The van der Waals surface area contributed by atoms with Crippen molar-refractivity contribution in [2.75, 3.05) is 56.3 Å². The highest BCUT2D eigenvalue weighted by molar-refractivity contribution is 7.17. The van der Waals surface area contributed by atoms with E-state index in [-0.39, 0.29) is 39.3 Å². The van der Waals surface area contributed by atoms with Gasteiger partial charge in [-0.3, -0.25) is 4.79 Å². The number of aromatic amines is 1. The Morgan fingerprint density at radius 2 is 1.95 bits per heavy atom. The number of piperidine rings is 1. The Labute approximate surface area is 238 Å². The molecule has 5 heterocycles. The van der Waals surface area contributed by atoms with Gasteiger partial charge in [-0.2, -0.15) is 0 Å². The number of morpholine rings is 1. The van der Waals surface area contributed by atoms with Crippen molar-refractivity contribution in [2.24, 2.45) is 0 Å². The van der Waals surface area contributed by atoms with E-state index in [2.05, 4.69) is 30.2 Å². The van der Waals surface area contributed by atoms with Crippen LogP contribution in [0.4, 0.5) is 10.9 Å². The maximum Gasteiger partial charge on any atom is 0.348 e. The molecular formula is C24H27Cl2N7O5S. The van der Waals surface area contributed by atoms with Crippen molar-refractivity contribution in [3.8, 4) is 11.4 Å². The number of carbonyl (C=O) groups is 2. The molecule has 39 heavy (non-hydrogen) atoms. The number of anilines is 2. The minimum absolute atomic E-state index is 0.0800. The summed E-state index contributed by atoms with van der Waals surface area (Å²) in [6.45, 7) is 5.34. The van der Waals surface area contributed by atoms with E-state index in [1.807, 2.05) is 4.90 Å². The number of hydrogen-bond donors (Lipinski definition) is 3. The van der Waals surface area contributed by atoms with Gasteiger partial charge in [0.25, 0.3) is 5.91 Å². The fraction of sp³-hybridized carbons (Fsp3) is 0.458. The van der Waals surface area contributed by atoms with E-state index < -0.39 is 5.97 Å². The van der Waals surface area contributed by atoms with Crippen LogP contribution in [-0.4, -0.2) is 95.6 Å². The summed E-state index contributed by atoms with van der Waals surface area (Å²) in [6, 6.07) is -0.297. The maximum atomic E-state index is 12.9. The molecule has 5 rings (SSSR count). The molecule has 2 saturated heterocycles. The summed E-state index contributed by atoms with van der Waals surface area (Å²) in [5.41, 5.74) is 1.46. The predicted molar refractivity (Wildman–Crippen MR) is 148 cm³/mol. The van der Waals surface area contributed by atoms with Crippen molar-refractivity contribution < 1.29 is 24.2 Å². The van der Waals surface area contributed by atoms with Crippen LogP contribution in [0.2, 0.25) is 10.0 Å². The van der Waals surface area contributed by atoms with E-state index >= 15 is 0 Å². The first-order valence-electron chi connectivity index (χ1n) is 12.3. The van der Waals surface area contributed by atoms with E-state index in [1.54, 1.807) is 26.4 Å². The highest BCUT2D eigenvalue weighted by Gasteiger charge is 2.34. The van der Waals surface area contributed by atoms with Crippen molar-refractivity contribution in [1.29, 1.82) is 0 Å². The van der Waals surface area contributed by atoms with Crippen LogP contribution in [0, 0.1) is 6.92 Å². The Kier molecular flexibility index (Phi) is 8.24. The number of aromatic carboxylic acids is 1. The van der Waals surface area contributed by atoms with Gasteiger partial charge in [0.2, 0.25) is 0 Å².